The third-order valence-electron chi connectivity index (χ3n) is 5.57. The minimum atomic E-state index is -0.154. The smallest absolute Gasteiger partial charge is 0.0585 e. The summed E-state index contributed by atoms with van der Waals surface area (Å²) >= 11 is 0. The van der Waals surface area contributed by atoms with Crippen LogP contribution in [0.1, 0.15) is 58.8 Å². The first-order valence-electron chi connectivity index (χ1n) is 8.64. The Hall–Kier alpha value is -0.120. The number of nitrogens with zero attached hydrogens (tertiary/aromatic N) is 1. The SMILES string of the molecule is CC1CC(C)C(CN(CCO)C2CCCCC2)C(O)C1. The molecule has 0 aromatic rings. The molecule has 0 aromatic carbocycles. The van der Waals surface area contributed by atoms with Gasteiger partial charge in [0.25, 0.3) is 0 Å². The monoisotopic (exact) mass is 283 g/mol. The zero-order chi connectivity index (χ0) is 14.5. The Labute approximate surface area is 124 Å². The van der Waals surface area contributed by atoms with Crippen molar-refractivity contribution in [2.45, 2.75) is 70.9 Å². The predicted octanol–water partition coefficient (Wildman–Crippen LogP) is 2.66. The molecule has 0 saturated heterocycles. The standard InChI is InChI=1S/C17H33NO2/c1-13-10-14(2)16(17(20)11-13)12-18(8-9-19)15-6-4-3-5-7-15/h13-17,19-20H,3-12H2,1-2H3. The molecule has 3 heteroatoms. The van der Waals surface area contributed by atoms with Crippen molar-refractivity contribution in [1.82, 2.24) is 4.90 Å². The van der Waals surface area contributed by atoms with Crippen molar-refractivity contribution >= 4 is 0 Å². The van der Waals surface area contributed by atoms with Crippen LogP contribution in [-0.2, 0) is 0 Å². The summed E-state index contributed by atoms with van der Waals surface area (Å²) in [5, 5.41) is 19.8. The van der Waals surface area contributed by atoms with Crippen molar-refractivity contribution in [3.8, 4) is 0 Å². The van der Waals surface area contributed by atoms with E-state index in [1.165, 1.54) is 38.5 Å². The second-order valence-corrected chi connectivity index (χ2v) is 7.30. The number of hydrogen-bond donors (Lipinski definition) is 2. The Bertz CT molecular complexity index is 266. The summed E-state index contributed by atoms with van der Waals surface area (Å²) in [6, 6.07) is 0.634. The highest BCUT2D eigenvalue weighted by atomic mass is 16.3. The van der Waals surface area contributed by atoms with Crippen LogP contribution in [0.5, 0.6) is 0 Å². The van der Waals surface area contributed by atoms with E-state index in [1.807, 2.05) is 0 Å². The lowest BCUT2D eigenvalue weighted by Crippen LogP contribution is -2.47. The van der Waals surface area contributed by atoms with Crippen LogP contribution in [0.2, 0.25) is 0 Å². The summed E-state index contributed by atoms with van der Waals surface area (Å²) in [5.74, 6) is 1.63. The Kier molecular flexibility index (Phi) is 6.31. The largest absolute Gasteiger partial charge is 0.395 e. The van der Waals surface area contributed by atoms with Crippen LogP contribution < -0.4 is 0 Å². The molecule has 0 aliphatic heterocycles. The van der Waals surface area contributed by atoms with Crippen LogP contribution in [0.4, 0.5) is 0 Å². The van der Waals surface area contributed by atoms with E-state index >= 15 is 0 Å². The zero-order valence-corrected chi connectivity index (χ0v) is 13.3. The van der Waals surface area contributed by atoms with Crippen molar-refractivity contribution in [3.05, 3.63) is 0 Å². The summed E-state index contributed by atoms with van der Waals surface area (Å²) in [6.07, 6.45) is 8.59. The van der Waals surface area contributed by atoms with Gasteiger partial charge in [-0.25, -0.2) is 0 Å². The third-order valence-corrected chi connectivity index (χ3v) is 5.57. The summed E-state index contributed by atoms with van der Waals surface area (Å²) in [5.41, 5.74) is 0. The van der Waals surface area contributed by atoms with Gasteiger partial charge in [0.2, 0.25) is 0 Å². The fourth-order valence-corrected chi connectivity index (χ4v) is 4.44. The molecule has 2 N–H and O–H groups in total. The van der Waals surface area contributed by atoms with Gasteiger partial charge in [0.05, 0.1) is 12.7 Å². The molecule has 2 rings (SSSR count). The molecule has 0 heterocycles. The molecule has 0 bridgehead atoms. The van der Waals surface area contributed by atoms with Gasteiger partial charge in [-0.15, -0.1) is 0 Å². The lowest BCUT2D eigenvalue weighted by molar-refractivity contribution is -0.0152. The van der Waals surface area contributed by atoms with Gasteiger partial charge in [-0.05, 0) is 37.5 Å². The number of aliphatic hydroxyl groups is 2. The third kappa shape index (κ3) is 4.19. The van der Waals surface area contributed by atoms with E-state index in [0.29, 0.717) is 23.8 Å². The Balaban J connectivity index is 1.95. The van der Waals surface area contributed by atoms with E-state index in [1.54, 1.807) is 0 Å². The number of rotatable bonds is 5. The topological polar surface area (TPSA) is 43.7 Å². The normalized spacial score (nSPS) is 36.5. The maximum absolute atomic E-state index is 10.4. The van der Waals surface area contributed by atoms with Gasteiger partial charge in [0.1, 0.15) is 0 Å². The molecule has 2 aliphatic carbocycles. The molecule has 2 saturated carbocycles. The van der Waals surface area contributed by atoms with Gasteiger partial charge >= 0.3 is 0 Å². The van der Waals surface area contributed by atoms with Crippen molar-refractivity contribution in [1.29, 1.82) is 0 Å². The van der Waals surface area contributed by atoms with Crippen molar-refractivity contribution in [2.24, 2.45) is 17.8 Å². The number of aliphatic hydroxyl groups excluding tert-OH is 2. The van der Waals surface area contributed by atoms with Crippen LogP contribution in [0.3, 0.4) is 0 Å². The van der Waals surface area contributed by atoms with Gasteiger partial charge in [-0.2, -0.15) is 0 Å². The molecule has 3 nitrogen and oxygen atoms in total. The molecule has 20 heavy (non-hydrogen) atoms. The van der Waals surface area contributed by atoms with Gasteiger partial charge in [0.15, 0.2) is 0 Å². The molecule has 4 unspecified atom stereocenters. The van der Waals surface area contributed by atoms with Gasteiger partial charge in [0, 0.05) is 25.0 Å². The summed E-state index contributed by atoms with van der Waals surface area (Å²) in [7, 11) is 0. The van der Waals surface area contributed by atoms with E-state index in [-0.39, 0.29) is 12.7 Å². The first-order valence-corrected chi connectivity index (χ1v) is 8.64. The van der Waals surface area contributed by atoms with Crippen LogP contribution in [0, 0.1) is 17.8 Å². The van der Waals surface area contributed by atoms with Gasteiger partial charge < -0.3 is 10.2 Å². The van der Waals surface area contributed by atoms with Crippen LogP contribution >= 0.6 is 0 Å². The minimum absolute atomic E-state index is 0.154. The second-order valence-electron chi connectivity index (χ2n) is 7.30. The quantitative estimate of drug-likeness (QED) is 0.815. The van der Waals surface area contributed by atoms with Crippen LogP contribution in [0.25, 0.3) is 0 Å². The molecule has 0 radical (unpaired) electrons. The highest BCUT2D eigenvalue weighted by Gasteiger charge is 2.35. The average Bonchev–Trinajstić information content (AvgIpc) is 2.42. The lowest BCUT2D eigenvalue weighted by Gasteiger charge is -2.42. The fraction of sp³-hybridized carbons (Fsp3) is 1.00. The molecular formula is C17H33NO2. The molecule has 118 valence electrons. The van der Waals surface area contributed by atoms with Crippen molar-refractivity contribution in [2.75, 3.05) is 19.7 Å². The van der Waals surface area contributed by atoms with Gasteiger partial charge in [-0.3, -0.25) is 4.90 Å². The van der Waals surface area contributed by atoms with E-state index in [9.17, 15) is 10.2 Å². The van der Waals surface area contributed by atoms with Crippen molar-refractivity contribution < 1.29 is 10.2 Å². The van der Waals surface area contributed by atoms with Gasteiger partial charge in [-0.1, -0.05) is 33.1 Å². The molecule has 0 amide bonds. The van der Waals surface area contributed by atoms with Crippen LogP contribution in [0.15, 0.2) is 0 Å². The van der Waals surface area contributed by atoms with E-state index in [2.05, 4.69) is 18.7 Å². The Morgan fingerprint density at radius 2 is 1.75 bits per heavy atom. The second kappa shape index (κ2) is 7.77. The minimum Gasteiger partial charge on any atom is -0.395 e. The Morgan fingerprint density at radius 1 is 1.05 bits per heavy atom. The molecular weight excluding hydrogens is 250 g/mol. The fourth-order valence-electron chi connectivity index (χ4n) is 4.44. The molecule has 2 fully saturated rings. The van der Waals surface area contributed by atoms with E-state index in [0.717, 1.165) is 19.5 Å². The maximum Gasteiger partial charge on any atom is 0.0585 e. The molecule has 0 spiro atoms. The molecule has 4 atom stereocenters. The van der Waals surface area contributed by atoms with E-state index in [4.69, 9.17) is 0 Å². The highest BCUT2D eigenvalue weighted by molar-refractivity contribution is 4.87. The Morgan fingerprint density at radius 3 is 2.35 bits per heavy atom. The first-order chi connectivity index (χ1) is 9.61. The van der Waals surface area contributed by atoms with Crippen LogP contribution in [-0.4, -0.2) is 47.0 Å². The molecule has 2 aliphatic rings. The number of hydrogen-bond acceptors (Lipinski definition) is 3. The summed E-state index contributed by atoms with van der Waals surface area (Å²) in [4.78, 5) is 2.47. The first kappa shape index (κ1) is 16.3. The maximum atomic E-state index is 10.4. The summed E-state index contributed by atoms with van der Waals surface area (Å²) in [6.45, 7) is 6.53. The molecule has 0 aromatic heterocycles. The summed E-state index contributed by atoms with van der Waals surface area (Å²) < 4.78 is 0. The lowest BCUT2D eigenvalue weighted by atomic mass is 9.73. The predicted molar refractivity (Wildman–Crippen MR) is 82.6 cm³/mol. The zero-order valence-electron chi connectivity index (χ0n) is 13.3. The average molecular weight is 283 g/mol. The van der Waals surface area contributed by atoms with E-state index < -0.39 is 0 Å². The van der Waals surface area contributed by atoms with Crippen molar-refractivity contribution in [3.63, 3.8) is 0 Å². The highest BCUT2D eigenvalue weighted by Crippen LogP contribution is 2.35.